The number of hydrogen-bond acceptors (Lipinski definition) is 6. The molecule has 86 valence electrons. The highest BCUT2D eigenvalue weighted by molar-refractivity contribution is 5.02. The lowest BCUT2D eigenvalue weighted by molar-refractivity contribution is 0.0885. The summed E-state index contributed by atoms with van der Waals surface area (Å²) in [6, 6.07) is 0. The van der Waals surface area contributed by atoms with Gasteiger partial charge < -0.3 is 19.7 Å². The third-order valence-electron chi connectivity index (χ3n) is 2.10. The van der Waals surface area contributed by atoms with E-state index in [0.29, 0.717) is 18.3 Å². The maximum absolute atomic E-state index is 5.95. The van der Waals surface area contributed by atoms with Crippen molar-refractivity contribution in [2.75, 3.05) is 20.8 Å². The fourth-order valence-electron chi connectivity index (χ4n) is 1.10. The summed E-state index contributed by atoms with van der Waals surface area (Å²) in [7, 11) is 3.15. The van der Waals surface area contributed by atoms with Crippen LogP contribution in [0.15, 0.2) is 4.52 Å². The topological polar surface area (TPSA) is 83.4 Å². The van der Waals surface area contributed by atoms with E-state index in [-0.39, 0.29) is 6.10 Å². The van der Waals surface area contributed by atoms with Crippen LogP contribution in [-0.2, 0) is 15.0 Å². The molecular weight excluding hydrogens is 198 g/mol. The first-order valence-corrected chi connectivity index (χ1v) is 4.66. The van der Waals surface area contributed by atoms with E-state index in [1.807, 2.05) is 6.92 Å². The predicted octanol–water partition coefficient (Wildman–Crippen LogP) is 0.597. The largest absolute Gasteiger partial charge is 0.382 e. The Balaban J connectivity index is 2.83. The first kappa shape index (κ1) is 12.1. The summed E-state index contributed by atoms with van der Waals surface area (Å²) in [5, 5.41) is 3.80. The van der Waals surface area contributed by atoms with Crippen LogP contribution in [0.4, 0.5) is 0 Å². The molecule has 0 fully saturated rings. The normalized spacial score (nSPS) is 17.4. The summed E-state index contributed by atoms with van der Waals surface area (Å²) in [5.74, 6) is 0.837. The third-order valence-corrected chi connectivity index (χ3v) is 2.10. The van der Waals surface area contributed by atoms with Gasteiger partial charge in [-0.2, -0.15) is 4.98 Å². The minimum atomic E-state index is -0.746. The van der Waals surface area contributed by atoms with Gasteiger partial charge in [-0.25, -0.2) is 0 Å². The molecule has 0 aliphatic carbocycles. The van der Waals surface area contributed by atoms with Crippen LogP contribution >= 0.6 is 0 Å². The lowest BCUT2D eigenvalue weighted by atomic mass is 10.1. The van der Waals surface area contributed by atoms with Gasteiger partial charge in [0, 0.05) is 14.2 Å². The van der Waals surface area contributed by atoms with E-state index in [4.69, 9.17) is 19.7 Å². The number of rotatable bonds is 5. The summed E-state index contributed by atoms with van der Waals surface area (Å²) in [4.78, 5) is 4.16. The van der Waals surface area contributed by atoms with Crippen LogP contribution in [0.3, 0.4) is 0 Å². The monoisotopic (exact) mass is 215 g/mol. The van der Waals surface area contributed by atoms with Crippen molar-refractivity contribution in [2.24, 2.45) is 5.73 Å². The van der Waals surface area contributed by atoms with Crippen LogP contribution in [-0.4, -0.2) is 31.0 Å². The van der Waals surface area contributed by atoms with Crippen molar-refractivity contribution < 1.29 is 14.0 Å². The zero-order chi connectivity index (χ0) is 11.5. The molecule has 1 rings (SSSR count). The maximum Gasteiger partial charge on any atom is 0.255 e. The van der Waals surface area contributed by atoms with Gasteiger partial charge in [0.2, 0.25) is 0 Å². The van der Waals surface area contributed by atoms with Crippen molar-refractivity contribution in [3.05, 3.63) is 11.7 Å². The summed E-state index contributed by atoms with van der Waals surface area (Å²) in [6.07, 6.45) is -0.232. The molecule has 6 nitrogen and oxygen atoms in total. The van der Waals surface area contributed by atoms with E-state index < -0.39 is 5.54 Å². The van der Waals surface area contributed by atoms with Crippen LogP contribution in [0.1, 0.15) is 31.7 Å². The number of nitrogens with two attached hydrogens (primary N) is 1. The van der Waals surface area contributed by atoms with E-state index >= 15 is 0 Å². The highest BCUT2D eigenvalue weighted by Gasteiger charge is 2.28. The highest BCUT2D eigenvalue weighted by Crippen LogP contribution is 2.18. The second-order valence-corrected chi connectivity index (χ2v) is 3.68. The van der Waals surface area contributed by atoms with E-state index in [1.165, 1.54) is 0 Å². The highest BCUT2D eigenvalue weighted by atomic mass is 16.5. The Morgan fingerprint density at radius 3 is 2.73 bits per heavy atom. The van der Waals surface area contributed by atoms with Gasteiger partial charge in [0.15, 0.2) is 5.82 Å². The number of nitrogens with zero attached hydrogens (tertiary/aromatic N) is 2. The van der Waals surface area contributed by atoms with E-state index in [9.17, 15) is 0 Å². The maximum atomic E-state index is 5.95. The van der Waals surface area contributed by atoms with Gasteiger partial charge in [0.1, 0.15) is 11.6 Å². The van der Waals surface area contributed by atoms with Crippen LogP contribution in [0.25, 0.3) is 0 Å². The van der Waals surface area contributed by atoms with Gasteiger partial charge in [0.25, 0.3) is 5.89 Å². The molecule has 0 saturated carbocycles. The quantitative estimate of drug-likeness (QED) is 0.774. The molecule has 0 saturated heterocycles. The Morgan fingerprint density at radius 1 is 1.53 bits per heavy atom. The number of hydrogen-bond donors (Lipinski definition) is 1. The molecule has 0 aliphatic heterocycles. The molecule has 0 aromatic carbocycles. The van der Waals surface area contributed by atoms with E-state index in [1.54, 1.807) is 21.1 Å². The fourth-order valence-corrected chi connectivity index (χ4v) is 1.10. The lowest BCUT2D eigenvalue weighted by Gasteiger charge is -2.18. The minimum absolute atomic E-state index is 0.232. The Morgan fingerprint density at radius 2 is 2.20 bits per heavy atom. The van der Waals surface area contributed by atoms with Crippen LogP contribution in [0.5, 0.6) is 0 Å². The first-order chi connectivity index (χ1) is 7.01. The van der Waals surface area contributed by atoms with Crippen molar-refractivity contribution >= 4 is 0 Å². The van der Waals surface area contributed by atoms with Crippen molar-refractivity contribution in [1.82, 2.24) is 10.1 Å². The van der Waals surface area contributed by atoms with E-state index in [0.717, 1.165) is 0 Å². The second kappa shape index (κ2) is 4.69. The Labute approximate surface area is 88.7 Å². The number of ether oxygens (including phenoxy) is 2. The Bertz CT molecular complexity index is 311. The average Bonchev–Trinajstić information content (AvgIpc) is 2.66. The van der Waals surface area contributed by atoms with Crippen LogP contribution in [0.2, 0.25) is 0 Å². The molecular formula is C9H17N3O3. The van der Waals surface area contributed by atoms with E-state index in [2.05, 4.69) is 10.1 Å². The zero-order valence-corrected chi connectivity index (χ0v) is 9.48. The predicted molar refractivity (Wildman–Crippen MR) is 53.1 cm³/mol. The van der Waals surface area contributed by atoms with Gasteiger partial charge in [-0.1, -0.05) is 5.16 Å². The van der Waals surface area contributed by atoms with Crippen LogP contribution < -0.4 is 5.73 Å². The molecule has 15 heavy (non-hydrogen) atoms. The summed E-state index contributed by atoms with van der Waals surface area (Å²) >= 11 is 0. The molecule has 0 aliphatic rings. The molecule has 2 atom stereocenters. The molecule has 2 unspecified atom stereocenters. The third kappa shape index (κ3) is 2.74. The van der Waals surface area contributed by atoms with Gasteiger partial charge >= 0.3 is 0 Å². The summed E-state index contributed by atoms with van der Waals surface area (Å²) in [6.45, 7) is 3.93. The number of methoxy groups -OCH3 is 2. The van der Waals surface area contributed by atoms with Crippen molar-refractivity contribution in [3.63, 3.8) is 0 Å². The number of aromatic nitrogens is 2. The van der Waals surface area contributed by atoms with Crippen molar-refractivity contribution in [2.45, 2.75) is 25.5 Å². The average molecular weight is 215 g/mol. The van der Waals surface area contributed by atoms with Gasteiger partial charge in [-0.05, 0) is 13.8 Å². The molecule has 0 amide bonds. The van der Waals surface area contributed by atoms with Gasteiger partial charge in [-0.15, -0.1) is 0 Å². The fraction of sp³-hybridized carbons (Fsp3) is 0.778. The zero-order valence-electron chi connectivity index (χ0n) is 9.48. The lowest BCUT2D eigenvalue weighted by Crippen LogP contribution is -2.39. The first-order valence-electron chi connectivity index (χ1n) is 4.66. The Kier molecular flexibility index (Phi) is 3.78. The standard InChI is InChI=1S/C9H17N3O3/c1-6(14-4)7-11-8(12-15-7)9(2,10)5-13-3/h6H,5,10H2,1-4H3. The molecule has 6 heteroatoms. The molecule has 0 bridgehead atoms. The molecule has 0 spiro atoms. The second-order valence-electron chi connectivity index (χ2n) is 3.68. The minimum Gasteiger partial charge on any atom is -0.382 e. The van der Waals surface area contributed by atoms with Gasteiger partial charge in [0.05, 0.1) is 6.61 Å². The molecule has 2 N–H and O–H groups in total. The van der Waals surface area contributed by atoms with Gasteiger partial charge in [-0.3, -0.25) is 0 Å². The molecule has 1 heterocycles. The summed E-state index contributed by atoms with van der Waals surface area (Å²) in [5.41, 5.74) is 5.21. The Hall–Kier alpha value is -0.980. The SMILES string of the molecule is COCC(C)(N)c1noc(C(C)OC)n1. The smallest absolute Gasteiger partial charge is 0.255 e. The van der Waals surface area contributed by atoms with Crippen LogP contribution in [0, 0.1) is 0 Å². The molecule has 0 radical (unpaired) electrons. The van der Waals surface area contributed by atoms with Crippen molar-refractivity contribution in [1.29, 1.82) is 0 Å². The van der Waals surface area contributed by atoms with Crippen molar-refractivity contribution in [3.8, 4) is 0 Å². The molecule has 1 aromatic heterocycles. The molecule has 1 aromatic rings. The summed E-state index contributed by atoms with van der Waals surface area (Å²) < 4.78 is 15.1.